The molecule has 0 aromatic heterocycles. The lowest BCUT2D eigenvalue weighted by Crippen LogP contribution is -3.00. The van der Waals surface area contributed by atoms with Crippen molar-refractivity contribution in [2.75, 3.05) is 41.8 Å². The first-order valence-electron chi connectivity index (χ1n) is 5.05. The summed E-state index contributed by atoms with van der Waals surface area (Å²) in [6.45, 7) is 1.71. The highest BCUT2D eigenvalue weighted by Crippen LogP contribution is 2.63. The van der Waals surface area contributed by atoms with Crippen LogP contribution >= 0.6 is 18.1 Å². The van der Waals surface area contributed by atoms with Gasteiger partial charge in [-0.25, -0.2) is 4.67 Å². The van der Waals surface area contributed by atoms with Gasteiger partial charge in [0.05, 0.1) is 27.7 Å². The molecule has 0 heterocycles. The largest absolute Gasteiger partial charge is 1.00 e. The molecule has 0 spiro atoms. The van der Waals surface area contributed by atoms with E-state index < -0.39 is 6.72 Å². The quantitative estimate of drug-likeness (QED) is 0.268. The summed E-state index contributed by atoms with van der Waals surface area (Å²) >= 11 is 1.42. The van der Waals surface area contributed by atoms with E-state index in [1.807, 2.05) is 6.92 Å². The maximum atomic E-state index is 12.4. The second-order valence-electron chi connectivity index (χ2n) is 4.55. The van der Waals surface area contributed by atoms with Gasteiger partial charge in [0.1, 0.15) is 5.37 Å². The lowest BCUT2D eigenvalue weighted by atomic mass is 10.6. The lowest BCUT2D eigenvalue weighted by Gasteiger charge is -2.34. The van der Waals surface area contributed by atoms with Gasteiger partial charge in [0, 0.05) is 11.4 Å². The minimum atomic E-state index is -2.71. The molecule has 0 aliphatic heterocycles. The zero-order valence-electron chi connectivity index (χ0n) is 11.2. The van der Waals surface area contributed by atoms with E-state index in [-0.39, 0.29) is 29.4 Å². The standard InChI is InChI=1S/C9H24N2O2PS.HI/c1-8-13-14(12,10(3)4)15-9(2)11(5,6)7;/h9H,8H2,1-7H3;1H/q+1;/p-1. The van der Waals surface area contributed by atoms with Crippen molar-refractivity contribution in [1.29, 1.82) is 0 Å². The van der Waals surface area contributed by atoms with Crippen molar-refractivity contribution in [1.82, 2.24) is 4.67 Å². The monoisotopic (exact) mass is 382 g/mol. The summed E-state index contributed by atoms with van der Waals surface area (Å²) in [5.41, 5.74) is 0. The number of nitrogens with zero attached hydrogens (tertiary/aromatic N) is 2. The van der Waals surface area contributed by atoms with Gasteiger partial charge in [-0.05, 0) is 27.9 Å². The Morgan fingerprint density at radius 2 is 1.81 bits per heavy atom. The minimum absolute atomic E-state index is 0. The first kappa shape index (κ1) is 19.5. The molecule has 0 saturated carbocycles. The average Bonchev–Trinajstić information content (AvgIpc) is 2.02. The van der Waals surface area contributed by atoms with Crippen LogP contribution < -0.4 is 24.0 Å². The van der Waals surface area contributed by atoms with Gasteiger partial charge in [-0.3, -0.25) is 4.57 Å². The third-order valence-electron chi connectivity index (χ3n) is 2.16. The third-order valence-corrected chi connectivity index (χ3v) is 7.94. The summed E-state index contributed by atoms with van der Waals surface area (Å²) in [5.74, 6) is 0. The molecule has 0 fully saturated rings. The fourth-order valence-electron chi connectivity index (χ4n) is 0.738. The summed E-state index contributed by atoms with van der Waals surface area (Å²) in [7, 11) is 9.86. The SMILES string of the molecule is CCOP(=O)(SC(C)[N+](C)(C)C)N(C)C.[I-]. The molecule has 0 aliphatic rings. The van der Waals surface area contributed by atoms with Crippen molar-refractivity contribution in [3.8, 4) is 0 Å². The zero-order valence-corrected chi connectivity index (χ0v) is 15.1. The van der Waals surface area contributed by atoms with Gasteiger partial charge in [0.2, 0.25) is 0 Å². The van der Waals surface area contributed by atoms with Gasteiger partial charge in [0.25, 0.3) is 0 Å². The molecule has 0 amide bonds. The fourth-order valence-corrected chi connectivity index (χ4v) is 5.28. The molecule has 0 aromatic carbocycles. The number of rotatable bonds is 6. The molecule has 0 bridgehead atoms. The normalized spacial score (nSPS) is 17.8. The maximum absolute atomic E-state index is 12.4. The lowest BCUT2D eigenvalue weighted by molar-refractivity contribution is -0.878. The Morgan fingerprint density at radius 1 is 1.38 bits per heavy atom. The molecule has 0 rings (SSSR count). The Morgan fingerprint density at radius 3 is 2.06 bits per heavy atom. The zero-order chi connectivity index (χ0) is 12.3. The summed E-state index contributed by atoms with van der Waals surface area (Å²) in [5, 5.41) is 0.227. The van der Waals surface area contributed by atoms with Gasteiger partial charge in [0.15, 0.2) is 0 Å². The summed E-state index contributed by atoms with van der Waals surface area (Å²) < 4.78 is 20.3. The third kappa shape index (κ3) is 6.21. The Hall–Kier alpha value is 1.19. The van der Waals surface area contributed by atoms with Gasteiger partial charge in [-0.1, -0.05) is 0 Å². The Kier molecular flexibility index (Phi) is 9.26. The molecule has 100 valence electrons. The van der Waals surface area contributed by atoms with Crippen molar-refractivity contribution >= 4 is 18.1 Å². The van der Waals surface area contributed by atoms with Crippen LogP contribution in [-0.2, 0) is 9.09 Å². The van der Waals surface area contributed by atoms with E-state index in [9.17, 15) is 4.57 Å². The first-order valence-corrected chi connectivity index (χ1v) is 8.11. The van der Waals surface area contributed by atoms with Crippen LogP contribution in [0.2, 0.25) is 0 Å². The van der Waals surface area contributed by atoms with Gasteiger partial charge in [-0.2, -0.15) is 0 Å². The highest BCUT2D eigenvalue weighted by Gasteiger charge is 2.34. The molecule has 0 radical (unpaired) electrons. The summed E-state index contributed by atoms with van der Waals surface area (Å²) in [4.78, 5) is 0. The summed E-state index contributed by atoms with van der Waals surface area (Å²) in [6.07, 6.45) is 0. The second kappa shape index (κ2) is 7.59. The molecule has 16 heavy (non-hydrogen) atoms. The maximum Gasteiger partial charge on any atom is 0.334 e. The molecular weight excluding hydrogens is 358 g/mol. The Labute approximate surface area is 121 Å². The molecule has 0 aromatic rings. The molecule has 2 unspecified atom stereocenters. The summed E-state index contributed by atoms with van der Waals surface area (Å²) in [6, 6.07) is 0. The van der Waals surface area contributed by atoms with Crippen LogP contribution in [0.3, 0.4) is 0 Å². The van der Waals surface area contributed by atoms with Crippen LogP contribution in [0.25, 0.3) is 0 Å². The van der Waals surface area contributed by atoms with Crippen LogP contribution in [0.1, 0.15) is 13.8 Å². The smallest absolute Gasteiger partial charge is 0.334 e. The second-order valence-corrected chi connectivity index (χ2v) is 9.46. The number of hydrogen-bond donors (Lipinski definition) is 0. The fraction of sp³-hybridized carbons (Fsp3) is 1.00. The van der Waals surface area contributed by atoms with Crippen molar-refractivity contribution in [3.05, 3.63) is 0 Å². The van der Waals surface area contributed by atoms with Crippen LogP contribution in [0, 0.1) is 0 Å². The molecule has 0 N–H and O–H groups in total. The van der Waals surface area contributed by atoms with E-state index in [2.05, 4.69) is 28.1 Å². The molecule has 0 saturated heterocycles. The number of hydrogen-bond acceptors (Lipinski definition) is 3. The van der Waals surface area contributed by atoms with E-state index in [0.717, 1.165) is 4.48 Å². The van der Waals surface area contributed by atoms with Crippen LogP contribution in [0.5, 0.6) is 0 Å². The topological polar surface area (TPSA) is 29.5 Å². The van der Waals surface area contributed by atoms with Gasteiger partial charge in [-0.15, -0.1) is 0 Å². The Bertz CT molecular complexity index is 246. The van der Waals surface area contributed by atoms with Gasteiger partial charge < -0.3 is 33.0 Å². The molecular formula is C9H24IN2O2PS. The van der Waals surface area contributed by atoms with Gasteiger partial charge >= 0.3 is 6.72 Å². The predicted octanol–water partition coefficient (Wildman–Crippen LogP) is -0.518. The van der Waals surface area contributed by atoms with Crippen LogP contribution in [0.15, 0.2) is 0 Å². The van der Waals surface area contributed by atoms with Crippen LogP contribution in [-0.4, -0.2) is 56.4 Å². The van der Waals surface area contributed by atoms with Crippen molar-refractivity contribution in [3.63, 3.8) is 0 Å². The van der Waals surface area contributed by atoms with E-state index in [1.54, 1.807) is 18.8 Å². The minimum Gasteiger partial charge on any atom is -1.00 e. The molecule has 2 atom stereocenters. The molecule has 0 aliphatic carbocycles. The van der Waals surface area contributed by atoms with Crippen molar-refractivity contribution < 1.29 is 37.5 Å². The van der Waals surface area contributed by atoms with E-state index in [4.69, 9.17) is 4.52 Å². The van der Waals surface area contributed by atoms with Crippen molar-refractivity contribution in [2.24, 2.45) is 0 Å². The molecule has 7 heteroatoms. The van der Waals surface area contributed by atoms with Crippen molar-refractivity contribution in [2.45, 2.75) is 19.2 Å². The van der Waals surface area contributed by atoms with E-state index in [0.29, 0.717) is 6.61 Å². The Balaban J connectivity index is 0. The van der Waals surface area contributed by atoms with E-state index in [1.165, 1.54) is 11.4 Å². The highest BCUT2D eigenvalue weighted by molar-refractivity contribution is 8.56. The number of quaternary nitrogens is 1. The van der Waals surface area contributed by atoms with E-state index >= 15 is 0 Å². The first-order chi connectivity index (χ1) is 6.63. The average molecular weight is 382 g/mol. The number of halogens is 1. The molecule has 4 nitrogen and oxygen atoms in total. The van der Waals surface area contributed by atoms with Crippen LogP contribution in [0.4, 0.5) is 0 Å². The predicted molar refractivity (Wildman–Crippen MR) is 68.0 cm³/mol. The highest BCUT2D eigenvalue weighted by atomic mass is 127.